The number of non-ortho nitro benzene ring substituents is 1. The van der Waals surface area contributed by atoms with Crippen molar-refractivity contribution in [2.45, 2.75) is 30.7 Å². The predicted octanol–water partition coefficient (Wildman–Crippen LogP) is 2.69. The number of benzene rings is 2. The molecule has 2 aromatic carbocycles. The Morgan fingerprint density at radius 3 is 2.71 bits per heavy atom. The molecule has 0 aliphatic heterocycles. The first-order valence-corrected chi connectivity index (χ1v) is 9.99. The zero-order valence-electron chi connectivity index (χ0n) is 14.8. The van der Waals surface area contributed by atoms with Gasteiger partial charge in [-0.05, 0) is 47.9 Å². The van der Waals surface area contributed by atoms with Crippen LogP contribution in [0.2, 0.25) is 0 Å². The van der Waals surface area contributed by atoms with Crippen LogP contribution in [0.1, 0.15) is 24.4 Å². The summed E-state index contributed by atoms with van der Waals surface area (Å²) in [5.41, 5.74) is 1.11. The quantitative estimate of drug-likeness (QED) is 0.497. The van der Waals surface area contributed by atoms with Crippen LogP contribution in [-0.2, 0) is 10.0 Å². The summed E-state index contributed by atoms with van der Waals surface area (Å²) in [7, 11) is -4.01. The third-order valence-electron chi connectivity index (χ3n) is 4.43. The molecule has 11 heteroatoms. The van der Waals surface area contributed by atoms with Gasteiger partial charge in [-0.25, -0.2) is 13.1 Å². The van der Waals surface area contributed by atoms with E-state index in [2.05, 4.69) is 20.2 Å². The Morgan fingerprint density at radius 2 is 2.00 bits per heavy atom. The first-order chi connectivity index (χ1) is 13.3. The van der Waals surface area contributed by atoms with Crippen LogP contribution in [0.5, 0.6) is 0 Å². The number of hydrogen-bond acceptors (Lipinski definition) is 7. The Bertz CT molecular complexity index is 1170. The van der Waals surface area contributed by atoms with Gasteiger partial charge in [-0.2, -0.15) is 0 Å². The molecule has 144 valence electrons. The highest BCUT2D eigenvalue weighted by atomic mass is 32.2. The number of anilines is 1. The fraction of sp³-hybridized carbons (Fsp3) is 0.235. The maximum absolute atomic E-state index is 12.8. The molecule has 0 unspecified atom stereocenters. The lowest BCUT2D eigenvalue weighted by Gasteiger charge is -2.11. The summed E-state index contributed by atoms with van der Waals surface area (Å²) in [5.74, 6) is 0.565. The number of rotatable bonds is 6. The number of sulfonamides is 1. The highest BCUT2D eigenvalue weighted by molar-refractivity contribution is 7.92. The van der Waals surface area contributed by atoms with Crippen molar-refractivity contribution >= 4 is 21.4 Å². The van der Waals surface area contributed by atoms with Gasteiger partial charge < -0.3 is 0 Å². The van der Waals surface area contributed by atoms with Gasteiger partial charge in [0.05, 0.1) is 15.9 Å². The molecule has 0 bridgehead atoms. The second kappa shape index (κ2) is 6.68. The molecule has 1 aliphatic rings. The maximum atomic E-state index is 12.8. The normalized spacial score (nSPS) is 14.0. The molecule has 1 N–H and O–H groups in total. The van der Waals surface area contributed by atoms with Crippen molar-refractivity contribution < 1.29 is 13.3 Å². The minimum atomic E-state index is -4.01. The number of nitro groups is 1. The molecular weight excluding hydrogens is 384 g/mol. The SMILES string of the molecule is Cc1ccc([N+](=O)[O-])cc1S(=O)(=O)Nc1cccc(-c2nnnn2C2CC2)c1. The van der Waals surface area contributed by atoms with Gasteiger partial charge in [0.1, 0.15) is 0 Å². The Labute approximate surface area is 160 Å². The van der Waals surface area contributed by atoms with Crippen molar-refractivity contribution in [2.75, 3.05) is 4.72 Å². The first-order valence-electron chi connectivity index (χ1n) is 8.51. The monoisotopic (exact) mass is 400 g/mol. The number of nitrogens with zero attached hydrogens (tertiary/aromatic N) is 5. The lowest BCUT2D eigenvalue weighted by molar-refractivity contribution is -0.385. The molecule has 0 saturated heterocycles. The molecule has 1 aromatic heterocycles. The minimum absolute atomic E-state index is 0.144. The molecule has 3 aromatic rings. The van der Waals surface area contributed by atoms with E-state index in [-0.39, 0.29) is 16.6 Å². The van der Waals surface area contributed by atoms with E-state index in [1.807, 2.05) is 0 Å². The number of aromatic nitrogens is 4. The summed E-state index contributed by atoms with van der Waals surface area (Å²) in [6.07, 6.45) is 2.02. The smallest absolute Gasteiger partial charge is 0.270 e. The molecule has 1 heterocycles. The summed E-state index contributed by atoms with van der Waals surface area (Å²) >= 11 is 0. The maximum Gasteiger partial charge on any atom is 0.270 e. The zero-order chi connectivity index (χ0) is 19.9. The zero-order valence-corrected chi connectivity index (χ0v) is 15.6. The third-order valence-corrected chi connectivity index (χ3v) is 5.95. The number of hydrogen-bond donors (Lipinski definition) is 1. The van der Waals surface area contributed by atoms with Gasteiger partial charge in [0.25, 0.3) is 15.7 Å². The Balaban J connectivity index is 1.67. The second-order valence-electron chi connectivity index (χ2n) is 6.57. The largest absolute Gasteiger partial charge is 0.280 e. The molecular formula is C17H16N6O4S. The van der Waals surface area contributed by atoms with E-state index in [9.17, 15) is 18.5 Å². The molecule has 0 atom stereocenters. The van der Waals surface area contributed by atoms with Crippen LogP contribution in [0.25, 0.3) is 11.4 Å². The fourth-order valence-corrected chi connectivity index (χ4v) is 4.19. The van der Waals surface area contributed by atoms with Crippen LogP contribution < -0.4 is 4.72 Å². The van der Waals surface area contributed by atoms with Gasteiger partial charge in [-0.15, -0.1) is 5.10 Å². The van der Waals surface area contributed by atoms with Crippen molar-refractivity contribution in [3.63, 3.8) is 0 Å². The van der Waals surface area contributed by atoms with Crippen LogP contribution in [0.15, 0.2) is 47.4 Å². The summed E-state index contributed by atoms with van der Waals surface area (Å²) in [6, 6.07) is 10.7. The molecule has 1 saturated carbocycles. The van der Waals surface area contributed by atoms with Gasteiger partial charge >= 0.3 is 0 Å². The average molecular weight is 400 g/mol. The highest BCUT2D eigenvalue weighted by Gasteiger charge is 2.28. The van der Waals surface area contributed by atoms with Crippen LogP contribution >= 0.6 is 0 Å². The molecule has 0 radical (unpaired) electrons. The van der Waals surface area contributed by atoms with Crippen LogP contribution in [0.3, 0.4) is 0 Å². The van der Waals surface area contributed by atoms with Crippen molar-refractivity contribution in [1.29, 1.82) is 0 Å². The lowest BCUT2D eigenvalue weighted by Crippen LogP contribution is -2.14. The Hall–Kier alpha value is -3.34. The molecule has 28 heavy (non-hydrogen) atoms. The van der Waals surface area contributed by atoms with E-state index in [1.54, 1.807) is 35.9 Å². The summed E-state index contributed by atoms with van der Waals surface area (Å²) < 4.78 is 29.8. The topological polar surface area (TPSA) is 133 Å². The second-order valence-corrected chi connectivity index (χ2v) is 8.22. The standard InChI is InChI=1S/C17H16N6O4S/c1-11-5-6-15(23(24)25)10-16(11)28(26,27)19-13-4-2-3-12(9-13)17-18-20-21-22(17)14-7-8-14/h2-6,9-10,14,19H,7-8H2,1H3. The van der Waals surface area contributed by atoms with E-state index in [1.165, 1.54) is 12.1 Å². The van der Waals surface area contributed by atoms with E-state index >= 15 is 0 Å². The van der Waals surface area contributed by atoms with Crippen molar-refractivity contribution in [1.82, 2.24) is 20.2 Å². The molecule has 1 aliphatic carbocycles. The molecule has 1 fully saturated rings. The molecule has 0 amide bonds. The summed E-state index contributed by atoms with van der Waals surface area (Å²) in [5, 5.41) is 22.7. The van der Waals surface area contributed by atoms with Gasteiger partial charge in [0.2, 0.25) is 0 Å². The number of aryl methyl sites for hydroxylation is 1. The van der Waals surface area contributed by atoms with Gasteiger partial charge in [0, 0.05) is 23.4 Å². The van der Waals surface area contributed by atoms with E-state index in [0.717, 1.165) is 18.9 Å². The summed E-state index contributed by atoms with van der Waals surface area (Å²) in [4.78, 5) is 10.2. The average Bonchev–Trinajstić information content (AvgIpc) is 3.38. The van der Waals surface area contributed by atoms with Crippen molar-refractivity contribution in [3.05, 3.63) is 58.1 Å². The van der Waals surface area contributed by atoms with Gasteiger partial charge in [-0.1, -0.05) is 18.2 Å². The molecule has 10 nitrogen and oxygen atoms in total. The molecule has 0 spiro atoms. The number of nitrogens with one attached hydrogen (secondary N) is 1. The van der Waals surface area contributed by atoms with Crippen molar-refractivity contribution in [3.8, 4) is 11.4 Å². The van der Waals surface area contributed by atoms with E-state index in [4.69, 9.17) is 0 Å². The highest BCUT2D eigenvalue weighted by Crippen LogP contribution is 2.37. The van der Waals surface area contributed by atoms with E-state index < -0.39 is 14.9 Å². The Morgan fingerprint density at radius 1 is 1.21 bits per heavy atom. The van der Waals surface area contributed by atoms with Gasteiger partial charge in [-0.3, -0.25) is 14.8 Å². The fourth-order valence-electron chi connectivity index (χ4n) is 2.87. The third kappa shape index (κ3) is 3.43. The van der Waals surface area contributed by atoms with Crippen LogP contribution in [0, 0.1) is 17.0 Å². The first kappa shape index (κ1) is 18.0. The number of nitro benzene ring substituents is 1. The van der Waals surface area contributed by atoms with Crippen molar-refractivity contribution in [2.24, 2.45) is 0 Å². The summed E-state index contributed by atoms with van der Waals surface area (Å²) in [6.45, 7) is 1.58. The Kier molecular flexibility index (Phi) is 4.30. The molecule has 4 rings (SSSR count). The number of tetrazole rings is 1. The minimum Gasteiger partial charge on any atom is -0.280 e. The predicted molar refractivity (Wildman–Crippen MR) is 100 cm³/mol. The van der Waals surface area contributed by atoms with Crippen LogP contribution in [-0.4, -0.2) is 33.5 Å². The van der Waals surface area contributed by atoms with E-state index in [0.29, 0.717) is 22.6 Å². The van der Waals surface area contributed by atoms with Gasteiger partial charge in [0.15, 0.2) is 5.82 Å². The lowest BCUT2D eigenvalue weighted by atomic mass is 10.2. The van der Waals surface area contributed by atoms with Crippen LogP contribution in [0.4, 0.5) is 11.4 Å².